The molecule has 0 saturated carbocycles. The van der Waals surface area contributed by atoms with Crippen LogP contribution in [-0.2, 0) is 62.4 Å². The van der Waals surface area contributed by atoms with Gasteiger partial charge in [0.1, 0.15) is 23.0 Å². The van der Waals surface area contributed by atoms with Gasteiger partial charge in [-0.05, 0) is 142 Å². The van der Waals surface area contributed by atoms with Gasteiger partial charge in [-0.3, -0.25) is 30.0 Å². The zero-order chi connectivity index (χ0) is 76.5. The lowest BCUT2D eigenvalue weighted by Crippen LogP contribution is -2.17. The molecule has 16 nitrogen and oxygen atoms in total. The summed E-state index contributed by atoms with van der Waals surface area (Å²) in [4.78, 5) is 60.0. The predicted molar refractivity (Wildman–Crippen MR) is 426 cm³/mol. The molecule has 0 fully saturated rings. The van der Waals surface area contributed by atoms with Crippen LogP contribution in [-0.4, -0.2) is 81.9 Å². The van der Waals surface area contributed by atoms with E-state index in [0.29, 0.717) is 45.0 Å². The summed E-state index contributed by atoms with van der Waals surface area (Å²) in [5.41, 5.74) is 8.57. The van der Waals surface area contributed by atoms with Gasteiger partial charge < -0.3 is 40.5 Å². The maximum Gasteiger partial charge on any atom is 0.341 e. The van der Waals surface area contributed by atoms with Gasteiger partial charge in [0.25, 0.3) is 0 Å². The van der Waals surface area contributed by atoms with Crippen molar-refractivity contribution in [3.63, 3.8) is 0 Å². The van der Waals surface area contributed by atoms with Crippen LogP contribution in [0.25, 0.3) is 0 Å². The van der Waals surface area contributed by atoms with Gasteiger partial charge >= 0.3 is 11.9 Å². The van der Waals surface area contributed by atoms with Crippen LogP contribution in [0.1, 0.15) is 261 Å². The number of carbonyl (C=O) groups excluding carboxylic acids is 2. The highest BCUT2D eigenvalue weighted by atomic mass is 16.5. The Bertz CT molecular complexity index is 4190. The molecular weight excluding hydrogens is 1270 g/mol. The molecule has 6 N–H and O–H groups in total. The van der Waals surface area contributed by atoms with Gasteiger partial charge in [-0.2, -0.15) is 0 Å². The third-order valence-electron chi connectivity index (χ3n) is 17.9. The number of phenols is 4. The molecule has 0 amide bonds. The van der Waals surface area contributed by atoms with E-state index in [2.05, 4.69) is 93.7 Å². The highest BCUT2D eigenvalue weighted by Crippen LogP contribution is 2.46. The van der Waals surface area contributed by atoms with Gasteiger partial charge in [-0.1, -0.05) is 190 Å². The van der Waals surface area contributed by atoms with E-state index >= 15 is 0 Å². The van der Waals surface area contributed by atoms with E-state index in [-0.39, 0.29) is 103 Å². The van der Waals surface area contributed by atoms with Crippen LogP contribution in [0.4, 0.5) is 45.5 Å². The minimum absolute atomic E-state index is 0.0264. The van der Waals surface area contributed by atoms with Crippen molar-refractivity contribution in [2.24, 2.45) is 30.0 Å². The Morgan fingerprint density at radius 1 is 0.363 bits per heavy atom. The summed E-state index contributed by atoms with van der Waals surface area (Å²) in [5.74, 6) is -1.12. The van der Waals surface area contributed by atoms with Crippen molar-refractivity contribution in [2.75, 3.05) is 23.8 Å². The van der Waals surface area contributed by atoms with Gasteiger partial charge in [0.15, 0.2) is 0 Å². The average Bonchev–Trinajstić information content (AvgIpc) is 0.800. The van der Waals surface area contributed by atoms with Gasteiger partial charge in [0.05, 0.1) is 81.3 Å². The summed E-state index contributed by atoms with van der Waals surface area (Å²) in [6.45, 7) is 56.8. The lowest BCUT2D eigenvalue weighted by atomic mass is 9.79. The lowest BCUT2D eigenvalue weighted by molar-refractivity contribution is -0.138. The van der Waals surface area contributed by atoms with Gasteiger partial charge in [-0.15, -0.1) is 0 Å². The van der Waals surface area contributed by atoms with Crippen molar-refractivity contribution in [1.29, 1.82) is 0 Å². The third-order valence-corrected chi connectivity index (χ3v) is 17.9. The SMILES string of the molecule is CCOC(=O)/C1=C\Nc2cc(N=Cc3cc(C(C)(C)C)cc(C(C)(C)C)c3O)c(N=Cc3cc(C(C)(C)C)cc(C(C)(C)C)c3O)cc2N=C(C)/C(C(=O)OCC)=C/Nc2cc(N=Cc3cc(C(C)(C)C)cc(C(C)(C)C)c3O)c(N=Cc3cc(C(C)(C)C)cc(C(C)(C)C)c3O)cc2N=C1C. The monoisotopic (exact) mass is 1380 g/mol. The van der Waals surface area contributed by atoms with Crippen LogP contribution >= 0.6 is 0 Å². The fourth-order valence-corrected chi connectivity index (χ4v) is 11.4. The summed E-state index contributed by atoms with van der Waals surface area (Å²) in [5, 5.41) is 55.1. The van der Waals surface area contributed by atoms with Crippen LogP contribution in [0, 0.1) is 0 Å². The number of anilines is 2. The Labute approximate surface area is 607 Å². The van der Waals surface area contributed by atoms with Crippen LogP contribution in [0.2, 0.25) is 0 Å². The number of ether oxygens (including phenoxy) is 2. The largest absolute Gasteiger partial charge is 0.507 e. The lowest BCUT2D eigenvalue weighted by Gasteiger charge is -2.27. The van der Waals surface area contributed by atoms with Crippen molar-refractivity contribution < 1.29 is 39.5 Å². The molecule has 6 aromatic carbocycles. The van der Waals surface area contributed by atoms with E-state index in [1.807, 2.05) is 132 Å². The molecule has 102 heavy (non-hydrogen) atoms. The number of nitrogens with one attached hydrogen (secondary N) is 2. The number of rotatable bonds is 12. The van der Waals surface area contributed by atoms with E-state index in [1.54, 1.807) is 76.8 Å². The van der Waals surface area contributed by atoms with Crippen LogP contribution in [0.5, 0.6) is 23.0 Å². The fourth-order valence-electron chi connectivity index (χ4n) is 11.4. The molecule has 0 saturated heterocycles. The predicted octanol–water partition coefficient (Wildman–Crippen LogP) is 21.5. The molecule has 1 aliphatic rings. The Balaban J connectivity index is 1.60. The van der Waals surface area contributed by atoms with Gasteiger partial charge in [0.2, 0.25) is 0 Å². The first-order chi connectivity index (χ1) is 46.8. The third kappa shape index (κ3) is 19.2. The number of hydrogen-bond acceptors (Lipinski definition) is 16. The maximum absolute atomic E-state index is 14.6. The topological polar surface area (TPSA) is 232 Å². The smallest absolute Gasteiger partial charge is 0.341 e. The Morgan fingerprint density at radius 2 is 0.588 bits per heavy atom. The van der Waals surface area contributed by atoms with E-state index in [4.69, 9.17) is 39.4 Å². The van der Waals surface area contributed by atoms with E-state index < -0.39 is 33.6 Å². The van der Waals surface area contributed by atoms with Crippen LogP contribution in [0.15, 0.2) is 126 Å². The second-order valence-corrected chi connectivity index (χ2v) is 34.8. The molecule has 16 heteroatoms. The van der Waals surface area contributed by atoms with Crippen molar-refractivity contribution in [3.05, 3.63) is 163 Å². The zero-order valence-corrected chi connectivity index (χ0v) is 65.9. The summed E-state index contributed by atoms with van der Waals surface area (Å²) >= 11 is 0. The summed E-state index contributed by atoms with van der Waals surface area (Å²) < 4.78 is 11.5. The maximum atomic E-state index is 14.6. The number of fused-ring (bicyclic) bond motifs is 2. The molecule has 7 rings (SSSR count). The van der Waals surface area contributed by atoms with Crippen molar-refractivity contribution >= 4 is 93.7 Å². The quantitative estimate of drug-likeness (QED) is 0.0501. The molecular formula is C86H112N8O8. The van der Waals surface area contributed by atoms with Gasteiger partial charge in [0, 0.05) is 81.8 Å². The summed E-state index contributed by atoms with van der Waals surface area (Å²) in [6, 6.07) is 22.7. The van der Waals surface area contributed by atoms with E-state index in [0.717, 1.165) is 44.5 Å². The summed E-state index contributed by atoms with van der Waals surface area (Å²) in [7, 11) is 0. The van der Waals surface area contributed by atoms with E-state index in [1.165, 1.54) is 12.4 Å². The molecule has 0 aromatic heterocycles. The highest BCUT2D eigenvalue weighted by molar-refractivity contribution is 6.21. The standard InChI is InChI=1S/C86H112N8O8/c1-29-101-77(99)59-47-91-69-39-65(87-43-51-31-55(79(5,6)7)35-61(73(51)95)83(17,18)19)68(90-46-54-34-58(82(14,15)16)38-64(76(54)98)86(26,27)28)42-72(69)94-50(4)60(78(100)102-30-2)48-92-70-40-66(88-44-52-32-56(80(8,9)10)36-62(74(52)96)84(20,21)22)67(41-71(70)93-49(59)3)89-45-53-33-57(81(11,12)13)37-63(75(53)97)85(23,24)25/h31-48,91-92,95-98H,29-30H2,1-28H3/b59-47-,60-48-,87-43?,88-44?,89-45?,90-46?,93-49?,94-50?. The second-order valence-electron chi connectivity index (χ2n) is 34.8. The molecule has 0 bridgehead atoms. The van der Waals surface area contributed by atoms with Gasteiger partial charge in [-0.25, -0.2) is 9.59 Å². The first-order valence-corrected chi connectivity index (χ1v) is 35.3. The first-order valence-electron chi connectivity index (χ1n) is 35.3. The number of phenolic OH excluding ortho intramolecular Hbond substituents is 4. The Kier molecular flexibility index (Phi) is 23.4. The molecule has 6 aromatic rings. The molecule has 0 atom stereocenters. The minimum atomic E-state index is -0.705. The Morgan fingerprint density at radius 3 is 0.794 bits per heavy atom. The number of carbonyl (C=O) groups is 2. The second kappa shape index (κ2) is 29.9. The number of aromatic hydroxyl groups is 4. The van der Waals surface area contributed by atoms with Crippen molar-refractivity contribution in [1.82, 2.24) is 0 Å². The molecule has 0 unspecified atom stereocenters. The Hall–Kier alpha value is -9.44. The van der Waals surface area contributed by atoms with E-state index in [9.17, 15) is 30.0 Å². The number of esters is 2. The number of hydrogen-bond donors (Lipinski definition) is 6. The van der Waals surface area contributed by atoms with Crippen LogP contribution < -0.4 is 10.6 Å². The molecule has 0 aliphatic carbocycles. The van der Waals surface area contributed by atoms with Crippen LogP contribution in [0.3, 0.4) is 0 Å². The van der Waals surface area contributed by atoms with Crippen molar-refractivity contribution in [2.45, 2.75) is 237 Å². The average molecular weight is 1390 g/mol. The normalized spacial score (nSPS) is 15.3. The number of aliphatic imine (C=N–C) groups is 6. The zero-order valence-electron chi connectivity index (χ0n) is 65.9. The first kappa shape index (κ1) is 79.9. The van der Waals surface area contributed by atoms with Crippen molar-refractivity contribution in [3.8, 4) is 23.0 Å². The molecule has 1 aliphatic heterocycles. The molecule has 544 valence electrons. The number of nitrogens with zero attached hydrogens (tertiary/aromatic N) is 6. The summed E-state index contributed by atoms with van der Waals surface area (Å²) in [6.07, 6.45) is 9.39. The minimum Gasteiger partial charge on any atom is -0.507 e. The number of benzene rings is 6. The molecule has 0 radical (unpaired) electrons. The fraction of sp³-hybridized carbons (Fsp3) is 0.442. The highest BCUT2D eigenvalue weighted by Gasteiger charge is 2.31. The molecule has 0 spiro atoms. The molecule has 1 heterocycles.